The Balaban J connectivity index is 2.16. The molecule has 1 heterocycles. The Morgan fingerprint density at radius 2 is 0.762 bits per heavy atom. The average Bonchev–Trinajstić information content (AvgIpc) is 2.99. The Labute approximate surface area is 249 Å². The first-order chi connectivity index (χ1) is 20.3. The number of hydrogen-bond acceptors (Lipinski definition) is 12. The predicted molar refractivity (Wildman–Crippen MR) is 162 cm³/mol. The highest BCUT2D eigenvalue weighted by Crippen LogP contribution is 2.32. The fourth-order valence-corrected chi connectivity index (χ4v) is 5.73. The number of nitrogens with zero attached hydrogens (tertiary/aromatic N) is 6. The molecule has 0 amide bonds. The molecule has 42 heavy (non-hydrogen) atoms. The number of carbonyl (C=O) groups excluding carboxylic acids is 3. The zero-order chi connectivity index (χ0) is 30.4. The molecule has 0 aliphatic carbocycles. The molecule has 0 N–H and O–H groups in total. The molecule has 0 saturated heterocycles. The number of hydrogen-bond donors (Lipinski definition) is 0. The van der Waals surface area contributed by atoms with Crippen molar-refractivity contribution in [3.05, 3.63) is 86.1 Å². The molecule has 12 nitrogen and oxygen atoms in total. The second-order valence-corrected chi connectivity index (χ2v) is 10.6. The van der Waals surface area contributed by atoms with Crippen LogP contribution in [-0.2, 0) is 14.4 Å². The second kappa shape index (κ2) is 13.3. The first kappa shape index (κ1) is 30.2. The van der Waals surface area contributed by atoms with Crippen molar-refractivity contribution in [2.75, 3.05) is 18.8 Å². The number of aliphatic imine (C=N–C) groups is 3. The Kier molecular flexibility index (Phi) is 9.56. The minimum absolute atomic E-state index is 0.112. The van der Waals surface area contributed by atoms with Crippen molar-refractivity contribution in [2.24, 2.45) is 15.0 Å². The SMILES string of the molecule is CSc1cc(-n2c(=O)n(-c3ccc(N=C=O)c(SC)c3)c(=O)n(-c3ccc(N=C=O)c(SC)c3)c2=O)ccc1N=C=O. The quantitative estimate of drug-likeness (QED) is 0.152. The number of rotatable bonds is 9. The lowest BCUT2D eigenvalue weighted by atomic mass is 10.2. The van der Waals surface area contributed by atoms with Crippen LogP contribution in [-0.4, -0.2) is 50.7 Å². The van der Waals surface area contributed by atoms with Gasteiger partial charge in [-0.1, -0.05) is 0 Å². The van der Waals surface area contributed by atoms with Crippen LogP contribution in [0.3, 0.4) is 0 Å². The monoisotopic (exact) mass is 618 g/mol. The van der Waals surface area contributed by atoms with Gasteiger partial charge in [-0.3, -0.25) is 0 Å². The highest BCUT2D eigenvalue weighted by Gasteiger charge is 2.21. The zero-order valence-corrected chi connectivity index (χ0v) is 24.5. The average molecular weight is 619 g/mol. The Morgan fingerprint density at radius 3 is 0.976 bits per heavy atom. The molecule has 0 spiro atoms. The van der Waals surface area contributed by atoms with Gasteiger partial charge in [-0.15, -0.1) is 35.3 Å². The summed E-state index contributed by atoms with van der Waals surface area (Å²) in [7, 11) is 0. The van der Waals surface area contributed by atoms with Gasteiger partial charge in [-0.2, -0.15) is 15.0 Å². The van der Waals surface area contributed by atoms with Gasteiger partial charge in [-0.05, 0) is 73.4 Å². The summed E-state index contributed by atoms with van der Waals surface area (Å²) in [6.07, 6.45) is 9.60. The van der Waals surface area contributed by atoms with Crippen LogP contribution in [0.2, 0.25) is 0 Å². The molecule has 0 fully saturated rings. The van der Waals surface area contributed by atoms with E-state index in [2.05, 4.69) is 15.0 Å². The predicted octanol–water partition coefficient (Wildman–Crippen LogP) is 4.21. The van der Waals surface area contributed by atoms with Crippen molar-refractivity contribution < 1.29 is 14.4 Å². The summed E-state index contributed by atoms with van der Waals surface area (Å²) in [5.74, 6) is 0. The summed E-state index contributed by atoms with van der Waals surface area (Å²) in [6, 6.07) is 13.1. The maximum Gasteiger partial charge on any atom is 0.345 e. The molecule has 15 heteroatoms. The highest BCUT2D eigenvalue weighted by atomic mass is 32.2. The third-order valence-corrected chi connectivity index (χ3v) is 8.21. The molecule has 0 atom stereocenters. The standard InChI is InChI=1S/C27H18N6O6S3/c1-40-22-10-16(4-7-19(22)28-13-34)31-25(37)32(17-5-8-20(29-14-35)23(11-17)41-2)27(39)33(26(31)38)18-6-9-21(30-15-36)24(12-18)42-3/h4-12H,1-3H3. The van der Waals surface area contributed by atoms with Crippen LogP contribution in [0.25, 0.3) is 17.1 Å². The third kappa shape index (κ3) is 5.69. The normalized spacial score (nSPS) is 10.4. The van der Waals surface area contributed by atoms with Crippen LogP contribution in [0.5, 0.6) is 0 Å². The largest absolute Gasteiger partial charge is 0.345 e. The van der Waals surface area contributed by atoms with E-state index in [1.54, 1.807) is 18.8 Å². The third-order valence-electron chi connectivity index (χ3n) is 5.91. The molecule has 0 aliphatic heterocycles. The van der Waals surface area contributed by atoms with Crippen molar-refractivity contribution in [1.82, 2.24) is 13.7 Å². The Morgan fingerprint density at radius 1 is 0.500 bits per heavy atom. The van der Waals surface area contributed by atoms with E-state index < -0.39 is 17.1 Å². The lowest BCUT2D eigenvalue weighted by molar-refractivity contribution is 0.564. The van der Waals surface area contributed by atoms with Crippen LogP contribution >= 0.6 is 35.3 Å². The molecule has 0 aliphatic rings. The number of aromatic nitrogens is 3. The smallest absolute Gasteiger partial charge is 0.246 e. The van der Waals surface area contributed by atoms with E-state index in [1.165, 1.54) is 108 Å². The van der Waals surface area contributed by atoms with Gasteiger partial charge in [0.1, 0.15) is 0 Å². The Bertz CT molecular complexity index is 1790. The molecular weight excluding hydrogens is 601 g/mol. The number of thioether (sulfide) groups is 3. The van der Waals surface area contributed by atoms with Gasteiger partial charge < -0.3 is 0 Å². The van der Waals surface area contributed by atoms with Crippen LogP contribution in [0.4, 0.5) is 17.1 Å². The van der Waals surface area contributed by atoms with Crippen molar-refractivity contribution >= 4 is 70.6 Å². The molecule has 0 saturated carbocycles. The van der Waals surface area contributed by atoms with Crippen LogP contribution in [0.1, 0.15) is 0 Å². The zero-order valence-electron chi connectivity index (χ0n) is 22.1. The maximum atomic E-state index is 13.9. The molecular formula is C27H18N6O6S3. The summed E-state index contributed by atoms with van der Waals surface area (Å²) >= 11 is 3.68. The van der Waals surface area contributed by atoms with Crippen molar-refractivity contribution in [1.29, 1.82) is 0 Å². The second-order valence-electron chi connectivity index (χ2n) is 8.03. The summed E-state index contributed by atoms with van der Waals surface area (Å²) in [6.45, 7) is 0. The maximum absolute atomic E-state index is 13.9. The lowest BCUT2D eigenvalue weighted by Gasteiger charge is -2.16. The number of benzene rings is 3. The minimum atomic E-state index is -0.967. The summed E-state index contributed by atoms with van der Waals surface area (Å²) in [5.41, 5.74) is -1.70. The fraction of sp³-hybridized carbons (Fsp3) is 0.111. The van der Waals surface area contributed by atoms with Gasteiger partial charge in [0.2, 0.25) is 18.2 Å². The van der Waals surface area contributed by atoms with Crippen LogP contribution in [0, 0.1) is 0 Å². The summed E-state index contributed by atoms with van der Waals surface area (Å²) in [5, 5.41) is 0. The van der Waals surface area contributed by atoms with E-state index in [0.717, 1.165) is 13.7 Å². The lowest BCUT2D eigenvalue weighted by Crippen LogP contribution is -2.52. The van der Waals surface area contributed by atoms with Crippen molar-refractivity contribution in [3.8, 4) is 17.1 Å². The molecule has 3 aromatic carbocycles. The van der Waals surface area contributed by atoms with Gasteiger partial charge in [0.15, 0.2) is 0 Å². The van der Waals surface area contributed by atoms with Gasteiger partial charge in [0.25, 0.3) is 0 Å². The molecule has 4 rings (SSSR count). The van der Waals surface area contributed by atoms with Gasteiger partial charge in [-0.25, -0.2) is 42.5 Å². The molecule has 1 aromatic heterocycles. The van der Waals surface area contributed by atoms with Crippen LogP contribution in [0.15, 0.2) is 98.6 Å². The molecule has 0 unspecified atom stereocenters. The molecule has 4 aromatic rings. The van der Waals surface area contributed by atoms with Gasteiger partial charge in [0, 0.05) is 14.7 Å². The van der Waals surface area contributed by atoms with Crippen molar-refractivity contribution in [3.63, 3.8) is 0 Å². The van der Waals surface area contributed by atoms with E-state index >= 15 is 0 Å². The fourth-order valence-electron chi connectivity index (χ4n) is 4.05. The van der Waals surface area contributed by atoms with E-state index in [0.29, 0.717) is 14.7 Å². The van der Waals surface area contributed by atoms with E-state index in [-0.39, 0.29) is 34.1 Å². The van der Waals surface area contributed by atoms with Crippen molar-refractivity contribution in [2.45, 2.75) is 14.7 Å². The summed E-state index contributed by atoms with van der Waals surface area (Å²) in [4.78, 5) is 86.9. The Hall–Kier alpha value is -4.74. The first-order valence-electron chi connectivity index (χ1n) is 11.6. The van der Waals surface area contributed by atoms with E-state index in [1.807, 2.05) is 0 Å². The highest BCUT2D eigenvalue weighted by molar-refractivity contribution is 7.99. The van der Waals surface area contributed by atoms with E-state index in [4.69, 9.17) is 0 Å². The molecule has 210 valence electrons. The van der Waals surface area contributed by atoms with Gasteiger partial charge in [0.05, 0.1) is 34.1 Å². The minimum Gasteiger partial charge on any atom is -0.246 e. The van der Waals surface area contributed by atoms with E-state index in [9.17, 15) is 28.8 Å². The molecule has 0 bridgehead atoms. The number of isocyanates is 3. The topological polar surface area (TPSA) is 154 Å². The first-order valence-corrected chi connectivity index (χ1v) is 15.3. The van der Waals surface area contributed by atoms with Gasteiger partial charge >= 0.3 is 17.1 Å². The molecule has 0 radical (unpaired) electrons. The van der Waals surface area contributed by atoms with Crippen LogP contribution < -0.4 is 17.1 Å². The summed E-state index contributed by atoms with van der Waals surface area (Å²) < 4.78 is 2.46.